The second-order valence-corrected chi connectivity index (χ2v) is 7.87. The largest absolute Gasteiger partial charge is 0.494 e. The van der Waals surface area contributed by atoms with Crippen LogP contribution in [-0.4, -0.2) is 47.0 Å². The number of hydrogen-bond acceptors (Lipinski definition) is 4. The number of thioether (sulfide) groups is 1. The first-order valence-corrected chi connectivity index (χ1v) is 9.38. The molecule has 1 aromatic rings. The maximum Gasteiger partial charge on any atom is 0.325 e. The van der Waals surface area contributed by atoms with E-state index in [9.17, 15) is 9.59 Å². The minimum Gasteiger partial charge on any atom is -0.494 e. The van der Waals surface area contributed by atoms with Crippen LogP contribution in [0.4, 0.5) is 4.79 Å². The molecule has 0 unspecified atom stereocenters. The van der Waals surface area contributed by atoms with E-state index in [-0.39, 0.29) is 11.9 Å². The molecule has 24 heavy (non-hydrogen) atoms. The van der Waals surface area contributed by atoms with Gasteiger partial charge in [0.25, 0.3) is 5.91 Å². The number of imide groups is 1. The van der Waals surface area contributed by atoms with Crippen LogP contribution in [0.25, 0.3) is 0 Å². The van der Waals surface area contributed by atoms with Gasteiger partial charge in [-0.1, -0.05) is 6.07 Å². The number of nitrogens with zero attached hydrogens (tertiary/aromatic N) is 1. The Morgan fingerprint density at radius 1 is 1.12 bits per heavy atom. The molecule has 6 heteroatoms. The minimum absolute atomic E-state index is 0.147. The van der Waals surface area contributed by atoms with Crippen LogP contribution >= 0.6 is 11.8 Å². The van der Waals surface area contributed by atoms with Crippen molar-refractivity contribution in [1.82, 2.24) is 10.2 Å². The lowest BCUT2D eigenvalue weighted by Gasteiger charge is -2.15. The Bertz CT molecular complexity index is 596. The van der Waals surface area contributed by atoms with Gasteiger partial charge < -0.3 is 10.1 Å². The average Bonchev–Trinajstić information content (AvgIpc) is 2.66. The fourth-order valence-corrected chi connectivity index (χ4v) is 3.48. The standard InChI is InChI=1S/C18H26N2O3S/c1-13-10-14(2)12-15(11-13)23-7-5-8-24-9-6-20-16(21)18(3,4)19-17(20)22/h10-12H,5-9H2,1-4H3,(H,19,22). The fourth-order valence-electron chi connectivity index (χ4n) is 2.65. The zero-order valence-corrected chi connectivity index (χ0v) is 15.7. The predicted octanol–water partition coefficient (Wildman–Crippen LogP) is 3.14. The zero-order valence-electron chi connectivity index (χ0n) is 14.8. The molecule has 3 amide bonds. The van der Waals surface area contributed by atoms with Crippen molar-refractivity contribution in [1.29, 1.82) is 0 Å². The lowest BCUT2D eigenvalue weighted by atomic mass is 10.1. The summed E-state index contributed by atoms with van der Waals surface area (Å²) in [7, 11) is 0. The monoisotopic (exact) mass is 350 g/mol. The zero-order chi connectivity index (χ0) is 17.7. The Labute approximate surface area is 148 Å². The second-order valence-electron chi connectivity index (χ2n) is 6.65. The quantitative estimate of drug-likeness (QED) is 0.578. The molecule has 1 aliphatic rings. The van der Waals surface area contributed by atoms with Gasteiger partial charge in [-0.05, 0) is 63.1 Å². The van der Waals surface area contributed by atoms with Crippen molar-refractivity contribution in [2.45, 2.75) is 39.7 Å². The molecule has 0 radical (unpaired) electrons. The summed E-state index contributed by atoms with van der Waals surface area (Å²) in [5.74, 6) is 2.46. The van der Waals surface area contributed by atoms with Crippen LogP contribution in [0.2, 0.25) is 0 Å². The number of rotatable bonds is 8. The normalized spacial score (nSPS) is 16.4. The molecule has 0 saturated carbocycles. The Morgan fingerprint density at radius 3 is 2.38 bits per heavy atom. The van der Waals surface area contributed by atoms with E-state index < -0.39 is 5.54 Å². The number of carbonyl (C=O) groups is 2. The Morgan fingerprint density at radius 2 is 1.79 bits per heavy atom. The second kappa shape index (κ2) is 7.92. The van der Waals surface area contributed by atoms with Crippen LogP contribution < -0.4 is 10.1 Å². The topological polar surface area (TPSA) is 58.6 Å². The van der Waals surface area contributed by atoms with Crippen molar-refractivity contribution >= 4 is 23.7 Å². The van der Waals surface area contributed by atoms with E-state index in [1.54, 1.807) is 25.6 Å². The van der Waals surface area contributed by atoms with Gasteiger partial charge in [0, 0.05) is 12.3 Å². The van der Waals surface area contributed by atoms with E-state index in [1.165, 1.54) is 16.0 Å². The van der Waals surface area contributed by atoms with Crippen LogP contribution in [0.5, 0.6) is 5.75 Å². The van der Waals surface area contributed by atoms with Gasteiger partial charge in [0.15, 0.2) is 0 Å². The molecule has 1 saturated heterocycles. The van der Waals surface area contributed by atoms with Crippen LogP contribution in [0.1, 0.15) is 31.4 Å². The van der Waals surface area contributed by atoms with Crippen molar-refractivity contribution in [2.75, 3.05) is 24.7 Å². The summed E-state index contributed by atoms with van der Waals surface area (Å²) >= 11 is 1.73. The highest BCUT2D eigenvalue weighted by molar-refractivity contribution is 7.99. The smallest absolute Gasteiger partial charge is 0.325 e. The number of nitrogens with one attached hydrogen (secondary N) is 1. The molecule has 5 nitrogen and oxygen atoms in total. The predicted molar refractivity (Wildman–Crippen MR) is 97.7 cm³/mol. The molecule has 1 heterocycles. The molecular weight excluding hydrogens is 324 g/mol. The third-order valence-corrected chi connectivity index (χ3v) is 4.85. The van der Waals surface area contributed by atoms with E-state index in [4.69, 9.17) is 4.74 Å². The molecule has 1 aromatic carbocycles. The third-order valence-electron chi connectivity index (χ3n) is 3.80. The highest BCUT2D eigenvalue weighted by Crippen LogP contribution is 2.18. The van der Waals surface area contributed by atoms with Gasteiger partial charge in [-0.25, -0.2) is 4.79 Å². The number of carbonyl (C=O) groups excluding carboxylic acids is 2. The molecule has 0 spiro atoms. The Hall–Kier alpha value is -1.69. The van der Waals surface area contributed by atoms with E-state index in [0.717, 1.165) is 23.7 Å². The first-order chi connectivity index (χ1) is 11.3. The van der Waals surface area contributed by atoms with Crippen molar-refractivity contribution < 1.29 is 14.3 Å². The number of ether oxygens (including phenoxy) is 1. The van der Waals surface area contributed by atoms with Crippen molar-refractivity contribution in [3.05, 3.63) is 29.3 Å². The van der Waals surface area contributed by atoms with Crippen molar-refractivity contribution in [2.24, 2.45) is 0 Å². The van der Waals surface area contributed by atoms with Crippen LogP contribution in [0, 0.1) is 13.8 Å². The van der Waals surface area contributed by atoms with E-state index in [0.29, 0.717) is 13.2 Å². The van der Waals surface area contributed by atoms with Crippen molar-refractivity contribution in [3.8, 4) is 5.75 Å². The minimum atomic E-state index is -0.776. The summed E-state index contributed by atoms with van der Waals surface area (Å²) in [6, 6.07) is 5.92. The Balaban J connectivity index is 1.60. The highest BCUT2D eigenvalue weighted by Gasteiger charge is 2.43. The van der Waals surface area contributed by atoms with Gasteiger partial charge in [-0.2, -0.15) is 11.8 Å². The number of amides is 3. The third kappa shape index (κ3) is 4.90. The van der Waals surface area contributed by atoms with Gasteiger partial charge in [0.2, 0.25) is 0 Å². The number of benzene rings is 1. The molecule has 1 fully saturated rings. The molecule has 0 aromatic heterocycles. The SMILES string of the molecule is Cc1cc(C)cc(OCCCSCCN2C(=O)NC(C)(C)C2=O)c1. The molecule has 132 valence electrons. The van der Waals surface area contributed by atoms with Crippen LogP contribution in [-0.2, 0) is 4.79 Å². The summed E-state index contributed by atoms with van der Waals surface area (Å²) in [5, 5.41) is 2.69. The van der Waals surface area contributed by atoms with Gasteiger partial charge in [-0.3, -0.25) is 9.69 Å². The first-order valence-electron chi connectivity index (χ1n) is 8.22. The lowest BCUT2D eigenvalue weighted by Crippen LogP contribution is -2.40. The van der Waals surface area contributed by atoms with E-state index in [1.807, 2.05) is 12.1 Å². The number of aryl methyl sites for hydroxylation is 2. The molecule has 0 aliphatic carbocycles. The average molecular weight is 350 g/mol. The Kier molecular flexibility index (Phi) is 6.15. The summed E-state index contributed by atoms with van der Waals surface area (Å²) in [6.45, 7) is 8.71. The van der Waals surface area contributed by atoms with E-state index in [2.05, 4.69) is 25.2 Å². The highest BCUT2D eigenvalue weighted by atomic mass is 32.2. The number of hydrogen-bond donors (Lipinski definition) is 1. The molecule has 2 rings (SSSR count). The summed E-state index contributed by atoms with van der Waals surface area (Å²) in [5.41, 5.74) is 1.63. The summed E-state index contributed by atoms with van der Waals surface area (Å²) in [4.78, 5) is 25.1. The van der Waals surface area contributed by atoms with Gasteiger partial charge in [-0.15, -0.1) is 0 Å². The first kappa shape index (κ1) is 18.6. The van der Waals surface area contributed by atoms with Gasteiger partial charge in [0.05, 0.1) is 6.61 Å². The van der Waals surface area contributed by atoms with Crippen molar-refractivity contribution in [3.63, 3.8) is 0 Å². The molecular formula is C18H26N2O3S. The van der Waals surface area contributed by atoms with Gasteiger partial charge >= 0.3 is 6.03 Å². The molecule has 0 atom stereocenters. The lowest BCUT2D eigenvalue weighted by molar-refractivity contribution is -0.130. The molecule has 1 aliphatic heterocycles. The maximum atomic E-state index is 12.0. The van der Waals surface area contributed by atoms with E-state index >= 15 is 0 Å². The van der Waals surface area contributed by atoms with Crippen LogP contribution in [0.3, 0.4) is 0 Å². The summed E-state index contributed by atoms with van der Waals surface area (Å²) < 4.78 is 5.77. The maximum absolute atomic E-state index is 12.0. The van der Waals surface area contributed by atoms with Crippen LogP contribution in [0.15, 0.2) is 18.2 Å². The number of urea groups is 1. The summed E-state index contributed by atoms with van der Waals surface area (Å²) in [6.07, 6.45) is 0.934. The molecule has 0 bridgehead atoms. The molecule has 1 N–H and O–H groups in total. The van der Waals surface area contributed by atoms with Gasteiger partial charge in [0.1, 0.15) is 11.3 Å². The fraction of sp³-hybridized carbons (Fsp3) is 0.556.